The molecule has 0 bridgehead atoms. The van der Waals surface area contributed by atoms with Crippen molar-refractivity contribution in [1.82, 2.24) is 0 Å². The highest BCUT2D eigenvalue weighted by atomic mass is 19.1. The van der Waals surface area contributed by atoms with E-state index in [1.807, 2.05) is 0 Å². The fourth-order valence-corrected chi connectivity index (χ4v) is 0.837. The average Bonchev–Trinajstić information content (AvgIpc) is 2.02. The summed E-state index contributed by atoms with van der Waals surface area (Å²) in [5.41, 5.74) is 0. The van der Waals surface area contributed by atoms with E-state index >= 15 is 0 Å². The van der Waals surface area contributed by atoms with E-state index in [4.69, 9.17) is 9.84 Å². The molecule has 0 radical (unpaired) electrons. The van der Waals surface area contributed by atoms with Crippen molar-refractivity contribution in [2.75, 3.05) is 0 Å². The Morgan fingerprint density at radius 1 is 1.31 bits per heavy atom. The van der Waals surface area contributed by atoms with Crippen molar-refractivity contribution in [1.29, 1.82) is 0 Å². The highest BCUT2D eigenvalue weighted by Gasteiger charge is 2.05. The third-order valence-corrected chi connectivity index (χ3v) is 1.46. The molecule has 1 atom stereocenters. The number of benzene rings is 1. The molecule has 0 amide bonds. The van der Waals surface area contributed by atoms with Crippen LogP contribution in [-0.2, 0) is 0 Å². The number of aliphatic hydroxyl groups is 1. The molecule has 0 heterocycles. The number of hydrogen-bond acceptors (Lipinski definition) is 2. The van der Waals surface area contributed by atoms with Crippen molar-refractivity contribution in [2.24, 2.45) is 0 Å². The van der Waals surface area contributed by atoms with E-state index in [9.17, 15) is 8.78 Å². The van der Waals surface area contributed by atoms with Gasteiger partial charge in [-0.05, 0) is 0 Å². The summed E-state index contributed by atoms with van der Waals surface area (Å²) in [6.45, 7) is 1.69. The highest BCUT2D eigenvalue weighted by Crippen LogP contribution is 2.16. The van der Waals surface area contributed by atoms with Crippen molar-refractivity contribution in [3.05, 3.63) is 29.8 Å². The topological polar surface area (TPSA) is 29.5 Å². The number of hydrogen-bond donors (Lipinski definition) is 1. The first-order valence-corrected chi connectivity index (χ1v) is 3.92. The zero-order valence-electron chi connectivity index (χ0n) is 7.13. The molecule has 0 saturated carbocycles. The largest absolute Gasteiger partial charge is 0.465 e. The van der Waals surface area contributed by atoms with Gasteiger partial charge in [-0.2, -0.15) is 0 Å². The fraction of sp³-hybridized carbons (Fsp3) is 0.333. The second-order valence-electron chi connectivity index (χ2n) is 2.59. The Morgan fingerprint density at radius 3 is 2.31 bits per heavy atom. The Labute approximate surface area is 74.8 Å². The quantitative estimate of drug-likeness (QED) is 0.736. The molecular weight excluding hydrogens is 178 g/mol. The van der Waals surface area contributed by atoms with Crippen molar-refractivity contribution in [3.63, 3.8) is 0 Å². The Morgan fingerprint density at radius 2 is 1.85 bits per heavy atom. The van der Waals surface area contributed by atoms with Crippen LogP contribution in [0.2, 0.25) is 0 Å². The van der Waals surface area contributed by atoms with Crippen LogP contribution < -0.4 is 4.74 Å². The number of rotatable bonds is 3. The molecule has 1 rings (SSSR count). The SMILES string of the molecule is CCC(O)Oc1cc(F)cc(F)c1. The standard InChI is InChI=1S/C9H10F2O2/c1-2-9(12)13-8-4-6(10)3-7(11)5-8/h3-5,9,12H,2H2,1H3. The molecule has 0 aromatic heterocycles. The number of aliphatic hydroxyl groups excluding tert-OH is 1. The fourth-order valence-electron chi connectivity index (χ4n) is 0.837. The molecule has 0 spiro atoms. The first kappa shape index (κ1) is 9.92. The van der Waals surface area contributed by atoms with Crippen LogP contribution in [0.3, 0.4) is 0 Å². The van der Waals surface area contributed by atoms with Gasteiger partial charge < -0.3 is 9.84 Å². The molecule has 72 valence electrons. The molecule has 0 aliphatic carbocycles. The summed E-state index contributed by atoms with van der Waals surface area (Å²) in [6, 6.07) is 2.77. The van der Waals surface area contributed by atoms with Crippen molar-refractivity contribution in [3.8, 4) is 5.75 Å². The van der Waals surface area contributed by atoms with Crippen LogP contribution in [-0.4, -0.2) is 11.4 Å². The first-order chi connectivity index (χ1) is 6.11. The van der Waals surface area contributed by atoms with E-state index in [1.54, 1.807) is 6.92 Å². The minimum absolute atomic E-state index is 0.00755. The van der Waals surface area contributed by atoms with Gasteiger partial charge in [0, 0.05) is 24.6 Å². The van der Waals surface area contributed by atoms with Crippen LogP contribution in [0, 0.1) is 11.6 Å². The van der Waals surface area contributed by atoms with Crippen molar-refractivity contribution >= 4 is 0 Å². The number of halogens is 2. The molecule has 1 unspecified atom stereocenters. The lowest BCUT2D eigenvalue weighted by atomic mass is 10.3. The predicted octanol–water partition coefficient (Wildman–Crippen LogP) is 2.07. The van der Waals surface area contributed by atoms with E-state index < -0.39 is 17.9 Å². The zero-order valence-corrected chi connectivity index (χ0v) is 7.13. The van der Waals surface area contributed by atoms with Crippen molar-refractivity contribution < 1.29 is 18.6 Å². The second kappa shape index (κ2) is 4.18. The molecule has 1 aromatic rings. The molecular formula is C9H10F2O2. The van der Waals surface area contributed by atoms with Crippen LogP contribution in [0.25, 0.3) is 0 Å². The van der Waals surface area contributed by atoms with Gasteiger partial charge in [-0.25, -0.2) is 8.78 Å². The van der Waals surface area contributed by atoms with Gasteiger partial charge >= 0.3 is 0 Å². The Hall–Kier alpha value is -1.16. The summed E-state index contributed by atoms with van der Waals surface area (Å²) in [5.74, 6) is -1.46. The summed E-state index contributed by atoms with van der Waals surface area (Å²) < 4.78 is 30.0. The van der Waals surface area contributed by atoms with Crippen LogP contribution in [0.1, 0.15) is 13.3 Å². The van der Waals surface area contributed by atoms with E-state index in [0.29, 0.717) is 6.42 Å². The monoisotopic (exact) mass is 188 g/mol. The average molecular weight is 188 g/mol. The minimum Gasteiger partial charge on any atom is -0.465 e. The molecule has 4 heteroatoms. The maximum Gasteiger partial charge on any atom is 0.197 e. The maximum absolute atomic E-state index is 12.6. The molecule has 0 aliphatic heterocycles. The van der Waals surface area contributed by atoms with E-state index in [-0.39, 0.29) is 5.75 Å². The van der Waals surface area contributed by atoms with E-state index in [2.05, 4.69) is 0 Å². The normalized spacial score (nSPS) is 12.6. The lowest BCUT2D eigenvalue weighted by Gasteiger charge is -2.10. The summed E-state index contributed by atoms with van der Waals surface area (Å²) in [5, 5.41) is 9.03. The van der Waals surface area contributed by atoms with Gasteiger partial charge in [-0.3, -0.25) is 0 Å². The zero-order chi connectivity index (χ0) is 9.84. The number of ether oxygens (including phenoxy) is 1. The molecule has 0 fully saturated rings. The smallest absolute Gasteiger partial charge is 0.197 e. The molecule has 13 heavy (non-hydrogen) atoms. The molecule has 0 saturated heterocycles. The lowest BCUT2D eigenvalue weighted by molar-refractivity contribution is -0.0194. The third kappa shape index (κ3) is 2.99. The van der Waals surface area contributed by atoms with Crippen LogP contribution in [0.15, 0.2) is 18.2 Å². The molecule has 1 aromatic carbocycles. The van der Waals surface area contributed by atoms with Crippen LogP contribution in [0.5, 0.6) is 5.75 Å². The van der Waals surface area contributed by atoms with Gasteiger partial charge in [-0.15, -0.1) is 0 Å². The molecule has 0 aliphatic rings. The van der Waals surface area contributed by atoms with Gasteiger partial charge in [-0.1, -0.05) is 6.92 Å². The first-order valence-electron chi connectivity index (χ1n) is 3.92. The van der Waals surface area contributed by atoms with Gasteiger partial charge in [0.2, 0.25) is 0 Å². The van der Waals surface area contributed by atoms with Gasteiger partial charge in [0.05, 0.1) is 0 Å². The van der Waals surface area contributed by atoms with Crippen LogP contribution >= 0.6 is 0 Å². The minimum atomic E-state index is -1.03. The maximum atomic E-state index is 12.6. The van der Waals surface area contributed by atoms with Gasteiger partial charge in [0.15, 0.2) is 6.29 Å². The summed E-state index contributed by atoms with van der Waals surface area (Å²) >= 11 is 0. The lowest BCUT2D eigenvalue weighted by Crippen LogP contribution is -2.13. The summed E-state index contributed by atoms with van der Waals surface area (Å²) in [6.07, 6.45) is -0.667. The molecule has 2 nitrogen and oxygen atoms in total. The molecule has 1 N–H and O–H groups in total. The van der Waals surface area contributed by atoms with Crippen LogP contribution in [0.4, 0.5) is 8.78 Å². The second-order valence-corrected chi connectivity index (χ2v) is 2.59. The highest BCUT2D eigenvalue weighted by molar-refractivity contribution is 5.23. The van der Waals surface area contributed by atoms with Crippen molar-refractivity contribution in [2.45, 2.75) is 19.6 Å². The Bertz CT molecular complexity index is 269. The Kier molecular flexibility index (Phi) is 3.19. The summed E-state index contributed by atoms with van der Waals surface area (Å²) in [4.78, 5) is 0. The van der Waals surface area contributed by atoms with E-state index in [0.717, 1.165) is 18.2 Å². The van der Waals surface area contributed by atoms with E-state index in [1.165, 1.54) is 0 Å². The third-order valence-electron chi connectivity index (χ3n) is 1.46. The summed E-state index contributed by atoms with van der Waals surface area (Å²) in [7, 11) is 0. The van der Waals surface area contributed by atoms with Gasteiger partial charge in [0.25, 0.3) is 0 Å². The predicted molar refractivity (Wildman–Crippen MR) is 43.3 cm³/mol. The van der Waals surface area contributed by atoms with Gasteiger partial charge in [0.1, 0.15) is 17.4 Å². The Balaban J connectivity index is 2.77.